The fourth-order valence-corrected chi connectivity index (χ4v) is 1.25. The molecule has 1 unspecified atom stereocenters. The summed E-state index contributed by atoms with van der Waals surface area (Å²) < 4.78 is 5.33. The Balaban J connectivity index is 2.50. The Bertz CT molecular complexity index is 337. The second-order valence-electron chi connectivity index (χ2n) is 3.66. The van der Waals surface area contributed by atoms with E-state index >= 15 is 0 Å². The standard InChI is InChI=1S/C12H17ClN2O/c1-3-10(14)6-11-4-5-12(7-15-11)16-8-9(2)13/h4-5,7,10H,2-3,6,8,14H2,1H3. The Hall–Kier alpha value is -1.06. The number of rotatable bonds is 6. The first-order chi connectivity index (χ1) is 7.61. The van der Waals surface area contributed by atoms with Crippen LogP contribution in [0.4, 0.5) is 0 Å². The van der Waals surface area contributed by atoms with Crippen molar-refractivity contribution in [2.45, 2.75) is 25.8 Å². The van der Waals surface area contributed by atoms with Gasteiger partial charge in [-0.1, -0.05) is 25.1 Å². The number of hydrogen-bond donors (Lipinski definition) is 1. The second kappa shape index (κ2) is 6.51. The Kier molecular flexibility index (Phi) is 5.29. The van der Waals surface area contributed by atoms with Crippen LogP contribution in [0.2, 0.25) is 0 Å². The Morgan fingerprint density at radius 3 is 2.88 bits per heavy atom. The van der Waals surface area contributed by atoms with Crippen molar-refractivity contribution in [1.29, 1.82) is 0 Å². The summed E-state index contributed by atoms with van der Waals surface area (Å²) in [6.07, 6.45) is 3.42. The number of ether oxygens (including phenoxy) is 1. The molecule has 0 saturated carbocycles. The highest BCUT2D eigenvalue weighted by Crippen LogP contribution is 2.12. The molecule has 0 radical (unpaired) electrons. The summed E-state index contributed by atoms with van der Waals surface area (Å²) >= 11 is 5.59. The molecule has 0 aliphatic heterocycles. The van der Waals surface area contributed by atoms with E-state index in [1.807, 2.05) is 12.1 Å². The summed E-state index contributed by atoms with van der Waals surface area (Å²) in [5.74, 6) is 0.690. The van der Waals surface area contributed by atoms with E-state index in [2.05, 4.69) is 18.5 Å². The average Bonchev–Trinajstić information content (AvgIpc) is 2.28. The molecule has 1 atom stereocenters. The average molecular weight is 241 g/mol. The van der Waals surface area contributed by atoms with Crippen molar-refractivity contribution in [3.63, 3.8) is 0 Å². The lowest BCUT2D eigenvalue weighted by Gasteiger charge is -2.08. The maximum absolute atomic E-state index is 5.84. The van der Waals surface area contributed by atoms with Gasteiger partial charge in [0, 0.05) is 23.2 Å². The van der Waals surface area contributed by atoms with Crippen molar-refractivity contribution in [3.8, 4) is 5.75 Å². The fourth-order valence-electron chi connectivity index (χ4n) is 1.19. The van der Waals surface area contributed by atoms with E-state index in [0.29, 0.717) is 17.4 Å². The molecule has 0 aliphatic carbocycles. The van der Waals surface area contributed by atoms with Crippen molar-refractivity contribution in [1.82, 2.24) is 4.98 Å². The van der Waals surface area contributed by atoms with Gasteiger partial charge in [0.25, 0.3) is 0 Å². The van der Waals surface area contributed by atoms with Gasteiger partial charge in [0.15, 0.2) is 0 Å². The number of nitrogens with zero attached hydrogens (tertiary/aromatic N) is 1. The van der Waals surface area contributed by atoms with Gasteiger partial charge in [-0.2, -0.15) is 0 Å². The van der Waals surface area contributed by atoms with Crippen molar-refractivity contribution < 1.29 is 4.74 Å². The van der Waals surface area contributed by atoms with E-state index in [1.165, 1.54) is 0 Å². The van der Waals surface area contributed by atoms with Crippen molar-refractivity contribution in [2.75, 3.05) is 6.61 Å². The highest BCUT2D eigenvalue weighted by molar-refractivity contribution is 6.29. The first-order valence-corrected chi connectivity index (χ1v) is 5.66. The van der Waals surface area contributed by atoms with Gasteiger partial charge in [0.1, 0.15) is 12.4 Å². The molecule has 0 bridgehead atoms. The molecule has 88 valence electrons. The van der Waals surface area contributed by atoms with Crippen LogP contribution in [0.25, 0.3) is 0 Å². The molecule has 16 heavy (non-hydrogen) atoms. The lowest BCUT2D eigenvalue weighted by Crippen LogP contribution is -2.21. The van der Waals surface area contributed by atoms with Gasteiger partial charge in [0.05, 0.1) is 6.20 Å². The van der Waals surface area contributed by atoms with Crippen LogP contribution < -0.4 is 10.5 Å². The SMILES string of the molecule is C=C(Cl)COc1ccc(CC(N)CC)nc1. The minimum Gasteiger partial charge on any atom is -0.486 e. The summed E-state index contributed by atoms with van der Waals surface area (Å²) in [4.78, 5) is 4.27. The van der Waals surface area contributed by atoms with E-state index in [0.717, 1.165) is 18.5 Å². The molecule has 0 amide bonds. The van der Waals surface area contributed by atoms with Gasteiger partial charge in [-0.05, 0) is 18.6 Å². The molecule has 1 heterocycles. The zero-order valence-electron chi connectivity index (χ0n) is 9.45. The monoisotopic (exact) mass is 240 g/mol. The number of hydrogen-bond acceptors (Lipinski definition) is 3. The number of nitrogens with two attached hydrogens (primary N) is 1. The number of halogens is 1. The highest BCUT2D eigenvalue weighted by Gasteiger charge is 2.03. The minimum atomic E-state index is 0.168. The van der Waals surface area contributed by atoms with Gasteiger partial charge >= 0.3 is 0 Å². The van der Waals surface area contributed by atoms with Gasteiger partial charge in [-0.15, -0.1) is 0 Å². The maximum Gasteiger partial charge on any atom is 0.138 e. The third kappa shape index (κ3) is 4.64. The van der Waals surface area contributed by atoms with Crippen LogP contribution in [0.5, 0.6) is 5.75 Å². The molecule has 1 aromatic rings. The maximum atomic E-state index is 5.84. The topological polar surface area (TPSA) is 48.1 Å². The smallest absolute Gasteiger partial charge is 0.138 e. The molecule has 0 fully saturated rings. The Morgan fingerprint density at radius 1 is 1.62 bits per heavy atom. The summed E-state index contributed by atoms with van der Waals surface area (Å²) in [6, 6.07) is 3.95. The summed E-state index contributed by atoms with van der Waals surface area (Å²) in [6.45, 7) is 5.91. The summed E-state index contributed by atoms with van der Waals surface area (Å²) in [5.41, 5.74) is 6.82. The van der Waals surface area contributed by atoms with E-state index in [1.54, 1.807) is 6.20 Å². The van der Waals surface area contributed by atoms with Crippen LogP contribution >= 0.6 is 11.6 Å². The van der Waals surface area contributed by atoms with Gasteiger partial charge < -0.3 is 10.5 Å². The van der Waals surface area contributed by atoms with Gasteiger partial charge in [-0.3, -0.25) is 4.98 Å². The van der Waals surface area contributed by atoms with Gasteiger partial charge in [0.2, 0.25) is 0 Å². The number of aromatic nitrogens is 1. The van der Waals surface area contributed by atoms with E-state index in [-0.39, 0.29) is 6.04 Å². The lowest BCUT2D eigenvalue weighted by molar-refractivity contribution is 0.357. The molecule has 1 aromatic heterocycles. The molecular formula is C12H17ClN2O. The van der Waals surface area contributed by atoms with Crippen molar-refractivity contribution in [3.05, 3.63) is 35.6 Å². The first-order valence-electron chi connectivity index (χ1n) is 5.28. The molecule has 1 rings (SSSR count). The molecule has 3 nitrogen and oxygen atoms in total. The Morgan fingerprint density at radius 2 is 2.38 bits per heavy atom. The van der Waals surface area contributed by atoms with Gasteiger partial charge in [-0.25, -0.2) is 0 Å². The van der Waals surface area contributed by atoms with Crippen LogP contribution in [0, 0.1) is 0 Å². The van der Waals surface area contributed by atoms with E-state index < -0.39 is 0 Å². The minimum absolute atomic E-state index is 0.168. The fraction of sp³-hybridized carbons (Fsp3) is 0.417. The third-order valence-electron chi connectivity index (χ3n) is 2.19. The first kappa shape index (κ1) is 13.0. The van der Waals surface area contributed by atoms with Crippen LogP contribution in [-0.4, -0.2) is 17.6 Å². The second-order valence-corrected chi connectivity index (χ2v) is 4.20. The van der Waals surface area contributed by atoms with Crippen LogP contribution in [0.1, 0.15) is 19.0 Å². The predicted molar refractivity (Wildman–Crippen MR) is 66.7 cm³/mol. The molecule has 0 saturated heterocycles. The van der Waals surface area contributed by atoms with E-state index in [4.69, 9.17) is 22.1 Å². The van der Waals surface area contributed by atoms with Crippen LogP contribution in [-0.2, 0) is 6.42 Å². The van der Waals surface area contributed by atoms with Crippen LogP contribution in [0.3, 0.4) is 0 Å². The van der Waals surface area contributed by atoms with Crippen molar-refractivity contribution in [2.24, 2.45) is 5.73 Å². The van der Waals surface area contributed by atoms with E-state index in [9.17, 15) is 0 Å². The molecule has 0 aromatic carbocycles. The quantitative estimate of drug-likeness (QED) is 0.831. The van der Waals surface area contributed by atoms with Crippen molar-refractivity contribution >= 4 is 11.6 Å². The molecule has 0 aliphatic rings. The molecule has 0 spiro atoms. The zero-order chi connectivity index (χ0) is 12.0. The third-order valence-corrected chi connectivity index (χ3v) is 2.30. The summed E-state index contributed by atoms with van der Waals surface area (Å²) in [7, 11) is 0. The molecule has 2 N–H and O–H groups in total. The highest BCUT2D eigenvalue weighted by atomic mass is 35.5. The molecule has 4 heteroatoms. The predicted octanol–water partition coefficient (Wildman–Crippen LogP) is 2.49. The molecular weight excluding hydrogens is 224 g/mol. The normalized spacial score (nSPS) is 12.2. The Labute approximate surface area is 101 Å². The lowest BCUT2D eigenvalue weighted by atomic mass is 10.1. The number of pyridine rings is 1. The largest absolute Gasteiger partial charge is 0.486 e. The summed E-state index contributed by atoms with van der Waals surface area (Å²) in [5, 5.41) is 0.470. The van der Waals surface area contributed by atoms with Crippen LogP contribution in [0.15, 0.2) is 29.9 Å². The zero-order valence-corrected chi connectivity index (χ0v) is 10.2.